The van der Waals surface area contributed by atoms with Gasteiger partial charge in [-0.1, -0.05) is 50.2 Å². The summed E-state index contributed by atoms with van der Waals surface area (Å²) in [6, 6.07) is 6.09. The van der Waals surface area contributed by atoms with Gasteiger partial charge in [0.1, 0.15) is 12.1 Å². The van der Waals surface area contributed by atoms with Gasteiger partial charge in [-0.25, -0.2) is 4.98 Å². The highest BCUT2D eigenvalue weighted by atomic mass is 32.1. The van der Waals surface area contributed by atoms with Crippen molar-refractivity contribution in [1.29, 1.82) is 0 Å². The van der Waals surface area contributed by atoms with Gasteiger partial charge in [0.05, 0.1) is 88.3 Å². The number of azide groups is 1. The van der Waals surface area contributed by atoms with Crippen LogP contribution in [0.2, 0.25) is 0 Å². The number of hydrogen-bond donors (Lipinski definition) is 3. The zero-order valence-corrected chi connectivity index (χ0v) is 31.4. The van der Waals surface area contributed by atoms with Gasteiger partial charge < -0.3 is 44.3 Å². The third-order valence-electron chi connectivity index (χ3n) is 8.07. The smallest absolute Gasteiger partial charge is 0.246 e. The van der Waals surface area contributed by atoms with Crippen LogP contribution >= 0.6 is 11.3 Å². The lowest BCUT2D eigenvalue weighted by Crippen LogP contribution is -2.57. The number of aromatic nitrogens is 1. The normalized spacial score (nSPS) is 16.4. The van der Waals surface area contributed by atoms with Crippen molar-refractivity contribution in [2.75, 3.05) is 79.2 Å². The molecule has 1 unspecified atom stereocenters. The summed E-state index contributed by atoms with van der Waals surface area (Å²) < 4.78 is 27.1. The number of aliphatic hydroxyl groups excluding tert-OH is 1. The number of aliphatic hydroxyl groups is 1. The lowest BCUT2D eigenvalue weighted by Gasteiger charge is -2.35. The number of likely N-dealkylation sites (tertiary alicyclic amines) is 1. The molecule has 0 bridgehead atoms. The highest BCUT2D eigenvalue weighted by Gasteiger charge is 2.44. The third-order valence-corrected chi connectivity index (χ3v) is 9.05. The number of benzene rings is 1. The first kappa shape index (κ1) is 42.7. The molecule has 16 nitrogen and oxygen atoms in total. The maximum atomic E-state index is 13.8. The van der Waals surface area contributed by atoms with E-state index in [0.29, 0.717) is 59.4 Å². The number of thiazole rings is 1. The van der Waals surface area contributed by atoms with E-state index in [1.165, 1.54) is 4.90 Å². The Morgan fingerprint density at radius 2 is 1.56 bits per heavy atom. The first-order valence-electron chi connectivity index (χ1n) is 17.5. The molecule has 0 spiro atoms. The summed E-state index contributed by atoms with van der Waals surface area (Å²) in [6.45, 7) is 11.6. The SMILES string of the molecule is Cc1ncsc1-c1ccc(CNC(=O)[C@@H]2C[C@@H](O)CN2C(=O)C(NC(=O)CCOCCOCCOCCOCCOCCN=[N+]=[N-])C(C)(C)C)cc1. The Morgan fingerprint density at radius 3 is 2.10 bits per heavy atom. The standard InChI is InChI=1S/C35H53N7O9S/c1-25-31(52-24-38-25)27-7-5-26(6-8-27)22-37-33(45)29-21-28(43)23-42(29)34(46)32(35(2,3)4)40-30(44)9-11-47-13-15-49-17-19-51-20-18-50-16-14-48-12-10-39-41-36/h5-8,24,28-29,32,43H,9-23H2,1-4H3,(H,37,45)(H,40,44)/t28-,29+,32?/m1/s1. The maximum absolute atomic E-state index is 13.8. The minimum absolute atomic E-state index is 0.00186. The molecular weight excluding hydrogens is 694 g/mol. The molecule has 0 radical (unpaired) electrons. The summed E-state index contributed by atoms with van der Waals surface area (Å²) in [7, 11) is 0. The van der Waals surface area contributed by atoms with Crippen molar-refractivity contribution in [2.45, 2.75) is 65.3 Å². The number of ether oxygens (including phenoxy) is 5. The van der Waals surface area contributed by atoms with Crippen LogP contribution in [-0.4, -0.2) is 130 Å². The Labute approximate surface area is 309 Å². The Kier molecular flexibility index (Phi) is 19.0. The molecule has 52 heavy (non-hydrogen) atoms. The van der Waals surface area contributed by atoms with Gasteiger partial charge in [-0.05, 0) is 29.0 Å². The summed E-state index contributed by atoms with van der Waals surface area (Å²) in [5, 5.41) is 19.6. The number of nitrogens with one attached hydrogen (secondary N) is 2. The van der Waals surface area contributed by atoms with E-state index >= 15 is 0 Å². The molecule has 3 rings (SSSR count). The molecule has 0 aliphatic carbocycles. The second-order valence-electron chi connectivity index (χ2n) is 13.2. The Morgan fingerprint density at radius 1 is 0.981 bits per heavy atom. The summed E-state index contributed by atoms with van der Waals surface area (Å²) in [5.74, 6) is -1.14. The van der Waals surface area contributed by atoms with Crippen molar-refractivity contribution < 1.29 is 43.2 Å². The lowest BCUT2D eigenvalue weighted by atomic mass is 9.85. The number of carbonyl (C=O) groups is 3. The zero-order chi connectivity index (χ0) is 37.8. The Balaban J connectivity index is 1.32. The first-order chi connectivity index (χ1) is 25.0. The zero-order valence-electron chi connectivity index (χ0n) is 30.6. The van der Waals surface area contributed by atoms with Gasteiger partial charge in [0.25, 0.3) is 0 Å². The van der Waals surface area contributed by atoms with Gasteiger partial charge >= 0.3 is 0 Å². The highest BCUT2D eigenvalue weighted by Crippen LogP contribution is 2.28. The van der Waals surface area contributed by atoms with E-state index in [4.69, 9.17) is 29.2 Å². The van der Waals surface area contributed by atoms with Gasteiger partial charge in [0.2, 0.25) is 17.7 Å². The number of carbonyl (C=O) groups excluding carboxylic acids is 3. The van der Waals surface area contributed by atoms with Crippen LogP contribution in [0.3, 0.4) is 0 Å². The summed E-state index contributed by atoms with van der Waals surface area (Å²) >= 11 is 1.57. The fraction of sp³-hybridized carbons (Fsp3) is 0.657. The fourth-order valence-electron chi connectivity index (χ4n) is 5.31. The van der Waals surface area contributed by atoms with E-state index in [0.717, 1.165) is 21.7 Å². The molecule has 288 valence electrons. The van der Waals surface area contributed by atoms with Crippen LogP contribution in [0, 0.1) is 12.3 Å². The van der Waals surface area contributed by atoms with Gasteiger partial charge in [-0.15, -0.1) is 11.3 Å². The van der Waals surface area contributed by atoms with E-state index in [1.807, 2.05) is 57.5 Å². The van der Waals surface area contributed by atoms with Crippen molar-refractivity contribution >= 4 is 29.1 Å². The lowest BCUT2D eigenvalue weighted by molar-refractivity contribution is -0.144. The summed E-state index contributed by atoms with van der Waals surface area (Å²) in [4.78, 5) is 49.4. The van der Waals surface area contributed by atoms with Gasteiger partial charge in [0.15, 0.2) is 0 Å². The molecule has 3 atom stereocenters. The largest absolute Gasteiger partial charge is 0.391 e. The fourth-order valence-corrected chi connectivity index (χ4v) is 6.12. The summed E-state index contributed by atoms with van der Waals surface area (Å²) in [6.07, 6.45) is -0.703. The van der Waals surface area contributed by atoms with E-state index in [9.17, 15) is 19.5 Å². The minimum atomic E-state index is -0.916. The minimum Gasteiger partial charge on any atom is -0.391 e. The molecular formula is C35H53N7O9S. The Bertz CT molecular complexity index is 1430. The molecule has 3 amide bonds. The summed E-state index contributed by atoms with van der Waals surface area (Å²) in [5.41, 5.74) is 12.3. The predicted octanol–water partition coefficient (Wildman–Crippen LogP) is 3.01. The average molecular weight is 748 g/mol. The van der Waals surface area contributed by atoms with E-state index < -0.39 is 29.5 Å². The van der Waals surface area contributed by atoms with Crippen LogP contribution in [0.15, 0.2) is 34.9 Å². The molecule has 3 N–H and O–H groups in total. The monoisotopic (exact) mass is 747 g/mol. The number of hydrogen-bond acceptors (Lipinski definition) is 12. The second-order valence-corrected chi connectivity index (χ2v) is 14.1. The number of amides is 3. The molecule has 1 saturated heterocycles. The molecule has 2 heterocycles. The van der Waals surface area contributed by atoms with Crippen molar-refractivity contribution in [2.24, 2.45) is 10.5 Å². The quantitative estimate of drug-likeness (QED) is 0.0619. The number of β-amino-alcohol motifs (C(OH)–C–C–N with tert-alkyl or cyclic N) is 1. The van der Waals surface area contributed by atoms with Crippen LogP contribution in [0.1, 0.15) is 44.9 Å². The van der Waals surface area contributed by atoms with E-state index in [1.54, 1.807) is 11.3 Å². The van der Waals surface area contributed by atoms with Crippen molar-refractivity contribution in [3.8, 4) is 10.4 Å². The number of aryl methyl sites for hydroxylation is 1. The molecule has 0 saturated carbocycles. The van der Waals surface area contributed by atoms with E-state index in [2.05, 4.69) is 25.6 Å². The van der Waals surface area contributed by atoms with Crippen LogP contribution in [0.5, 0.6) is 0 Å². The highest BCUT2D eigenvalue weighted by molar-refractivity contribution is 7.13. The Hall–Kier alpha value is -3.67. The van der Waals surface area contributed by atoms with Gasteiger partial charge in [-0.2, -0.15) is 0 Å². The number of rotatable bonds is 24. The van der Waals surface area contributed by atoms with Crippen molar-refractivity contribution in [1.82, 2.24) is 20.5 Å². The van der Waals surface area contributed by atoms with Crippen molar-refractivity contribution in [3.05, 3.63) is 51.5 Å². The first-order valence-corrected chi connectivity index (χ1v) is 18.3. The second kappa shape index (κ2) is 23.1. The molecule has 1 aromatic heterocycles. The third kappa shape index (κ3) is 15.1. The van der Waals surface area contributed by atoms with Crippen molar-refractivity contribution in [3.63, 3.8) is 0 Å². The van der Waals surface area contributed by atoms with Crippen LogP contribution in [0.25, 0.3) is 20.9 Å². The van der Waals surface area contributed by atoms with Gasteiger partial charge in [-0.3, -0.25) is 14.4 Å². The molecule has 1 fully saturated rings. The molecule has 1 aromatic carbocycles. The molecule has 1 aliphatic rings. The predicted molar refractivity (Wildman–Crippen MR) is 194 cm³/mol. The van der Waals surface area contributed by atoms with Gasteiger partial charge in [0, 0.05) is 37.4 Å². The van der Waals surface area contributed by atoms with Crippen LogP contribution in [-0.2, 0) is 44.6 Å². The molecule has 17 heteroatoms. The molecule has 2 aromatic rings. The van der Waals surface area contributed by atoms with E-state index in [-0.39, 0.29) is 51.0 Å². The molecule has 1 aliphatic heterocycles. The van der Waals surface area contributed by atoms with Crippen LogP contribution < -0.4 is 10.6 Å². The number of nitrogens with zero attached hydrogens (tertiary/aromatic N) is 5. The average Bonchev–Trinajstić information content (AvgIpc) is 3.73. The maximum Gasteiger partial charge on any atom is 0.246 e. The topological polar surface area (TPSA) is 207 Å². The van der Waals surface area contributed by atoms with Crippen LogP contribution in [0.4, 0.5) is 0 Å².